The van der Waals surface area contributed by atoms with Crippen molar-refractivity contribution in [3.8, 4) is 11.4 Å². The van der Waals surface area contributed by atoms with Gasteiger partial charge in [-0.3, -0.25) is 9.10 Å². The Balaban J connectivity index is 1.69. The number of aryl methyl sites for hydroxylation is 1. The van der Waals surface area contributed by atoms with Crippen molar-refractivity contribution in [1.29, 1.82) is 0 Å². The molecule has 0 spiro atoms. The van der Waals surface area contributed by atoms with E-state index in [4.69, 9.17) is 4.52 Å². The van der Waals surface area contributed by atoms with Gasteiger partial charge in [-0.2, -0.15) is 4.98 Å². The Morgan fingerprint density at radius 3 is 2.52 bits per heavy atom. The van der Waals surface area contributed by atoms with Gasteiger partial charge in [0, 0.05) is 5.56 Å². The van der Waals surface area contributed by atoms with Gasteiger partial charge < -0.3 is 9.84 Å². The van der Waals surface area contributed by atoms with Gasteiger partial charge in [0.15, 0.2) is 0 Å². The first-order valence-electron chi connectivity index (χ1n) is 8.94. The maximum absolute atomic E-state index is 12.4. The number of nitrogens with one attached hydrogen (secondary N) is 1. The number of sulfonamides is 1. The normalized spacial score (nSPS) is 11.3. The average Bonchev–Trinajstić information content (AvgIpc) is 3.16. The van der Waals surface area contributed by atoms with Gasteiger partial charge in [0.2, 0.25) is 27.6 Å². The van der Waals surface area contributed by atoms with Crippen molar-refractivity contribution in [1.82, 2.24) is 15.5 Å². The molecule has 8 nitrogen and oxygen atoms in total. The molecule has 0 unspecified atom stereocenters. The molecule has 0 fully saturated rings. The van der Waals surface area contributed by atoms with Gasteiger partial charge in [0.05, 0.1) is 18.5 Å². The third-order valence-electron chi connectivity index (χ3n) is 4.47. The molecule has 3 rings (SSSR count). The van der Waals surface area contributed by atoms with Gasteiger partial charge in [0.1, 0.15) is 6.54 Å². The van der Waals surface area contributed by atoms with Crippen molar-refractivity contribution < 1.29 is 17.7 Å². The second-order valence-electron chi connectivity index (χ2n) is 6.64. The lowest BCUT2D eigenvalue weighted by atomic mass is 10.1. The molecular weight excluding hydrogens is 392 g/mol. The van der Waals surface area contributed by atoms with E-state index in [-0.39, 0.29) is 19.0 Å². The van der Waals surface area contributed by atoms with E-state index in [1.54, 1.807) is 12.1 Å². The third-order valence-corrected chi connectivity index (χ3v) is 5.60. The molecule has 1 heterocycles. The zero-order valence-corrected chi connectivity index (χ0v) is 17.2. The van der Waals surface area contributed by atoms with Gasteiger partial charge >= 0.3 is 0 Å². The molecule has 9 heteroatoms. The number of hydrogen-bond acceptors (Lipinski definition) is 6. The van der Waals surface area contributed by atoms with Crippen LogP contribution in [0.2, 0.25) is 0 Å². The molecule has 0 bridgehead atoms. The molecule has 0 aliphatic heterocycles. The van der Waals surface area contributed by atoms with E-state index in [0.29, 0.717) is 11.5 Å². The SMILES string of the molecule is Cc1cccc(N(CC(=O)NCc2nc(-c3ccccc3)no2)S(C)(=O)=O)c1C. The highest BCUT2D eigenvalue weighted by Crippen LogP contribution is 2.24. The fourth-order valence-corrected chi connectivity index (χ4v) is 3.69. The van der Waals surface area contributed by atoms with E-state index in [2.05, 4.69) is 15.5 Å². The molecule has 3 aromatic rings. The van der Waals surface area contributed by atoms with Gasteiger partial charge in [-0.05, 0) is 31.0 Å². The Labute approximate surface area is 169 Å². The van der Waals surface area contributed by atoms with Crippen LogP contribution >= 0.6 is 0 Å². The van der Waals surface area contributed by atoms with Crippen LogP contribution in [0.4, 0.5) is 5.69 Å². The van der Waals surface area contributed by atoms with Crippen LogP contribution in [0.3, 0.4) is 0 Å². The molecule has 1 amide bonds. The monoisotopic (exact) mass is 414 g/mol. The molecule has 0 aliphatic carbocycles. The molecule has 0 aliphatic rings. The standard InChI is InChI=1S/C20H22N4O4S/c1-14-8-7-11-17(15(14)2)24(29(3,26)27)13-18(25)21-12-19-22-20(23-28-19)16-9-5-4-6-10-16/h4-11H,12-13H2,1-3H3,(H,21,25). The van der Waals surface area contributed by atoms with Gasteiger partial charge in [-0.15, -0.1) is 0 Å². The number of hydrogen-bond donors (Lipinski definition) is 1. The predicted octanol–water partition coefficient (Wildman–Crippen LogP) is 2.44. The van der Waals surface area contributed by atoms with Crippen LogP contribution in [-0.2, 0) is 21.4 Å². The summed E-state index contributed by atoms with van der Waals surface area (Å²) in [5, 5.41) is 6.52. The number of nitrogens with zero attached hydrogens (tertiary/aromatic N) is 3. The zero-order chi connectivity index (χ0) is 21.0. The molecule has 152 valence electrons. The summed E-state index contributed by atoms with van der Waals surface area (Å²) in [6.45, 7) is 3.37. The van der Waals surface area contributed by atoms with Crippen molar-refractivity contribution in [3.63, 3.8) is 0 Å². The number of benzene rings is 2. The van der Waals surface area contributed by atoms with Gasteiger partial charge in [0.25, 0.3) is 0 Å². The summed E-state index contributed by atoms with van der Waals surface area (Å²) in [4.78, 5) is 16.7. The molecule has 29 heavy (non-hydrogen) atoms. The lowest BCUT2D eigenvalue weighted by Gasteiger charge is -2.24. The van der Waals surface area contributed by atoms with Crippen molar-refractivity contribution in [2.75, 3.05) is 17.1 Å². The van der Waals surface area contributed by atoms with E-state index < -0.39 is 15.9 Å². The van der Waals surface area contributed by atoms with Crippen LogP contribution in [0.25, 0.3) is 11.4 Å². The molecule has 0 atom stereocenters. The summed E-state index contributed by atoms with van der Waals surface area (Å²) >= 11 is 0. The minimum Gasteiger partial charge on any atom is -0.345 e. The topological polar surface area (TPSA) is 105 Å². The van der Waals surface area contributed by atoms with Crippen LogP contribution in [0.1, 0.15) is 17.0 Å². The number of carbonyl (C=O) groups is 1. The second kappa shape index (κ2) is 8.44. The summed E-state index contributed by atoms with van der Waals surface area (Å²) in [5.74, 6) is 0.175. The predicted molar refractivity (Wildman–Crippen MR) is 110 cm³/mol. The Kier molecular flexibility index (Phi) is 5.97. The van der Waals surface area contributed by atoms with Crippen LogP contribution < -0.4 is 9.62 Å². The minimum absolute atomic E-state index is 0.00304. The zero-order valence-electron chi connectivity index (χ0n) is 16.4. The highest BCUT2D eigenvalue weighted by atomic mass is 32.2. The fraction of sp³-hybridized carbons (Fsp3) is 0.250. The molecule has 0 saturated carbocycles. The lowest BCUT2D eigenvalue weighted by molar-refractivity contribution is -0.119. The number of anilines is 1. The average molecular weight is 414 g/mol. The van der Waals surface area contributed by atoms with Crippen LogP contribution in [0.5, 0.6) is 0 Å². The number of rotatable bonds is 7. The maximum atomic E-state index is 12.4. The van der Waals surface area contributed by atoms with Crippen molar-refractivity contribution in [2.24, 2.45) is 0 Å². The third kappa shape index (κ3) is 5.00. The maximum Gasteiger partial charge on any atom is 0.246 e. The Morgan fingerprint density at radius 1 is 1.10 bits per heavy atom. The highest BCUT2D eigenvalue weighted by molar-refractivity contribution is 7.92. The smallest absolute Gasteiger partial charge is 0.246 e. The quantitative estimate of drug-likeness (QED) is 0.637. The lowest BCUT2D eigenvalue weighted by Crippen LogP contribution is -2.40. The molecule has 0 radical (unpaired) electrons. The molecular formula is C20H22N4O4S. The Bertz CT molecular complexity index is 1110. The van der Waals surface area contributed by atoms with Crippen LogP contribution in [0.15, 0.2) is 53.1 Å². The molecule has 0 saturated heterocycles. The van der Waals surface area contributed by atoms with E-state index in [1.165, 1.54) is 0 Å². The number of amides is 1. The van der Waals surface area contributed by atoms with E-state index in [1.807, 2.05) is 50.2 Å². The second-order valence-corrected chi connectivity index (χ2v) is 8.55. The summed E-state index contributed by atoms with van der Waals surface area (Å²) in [6, 6.07) is 14.6. The summed E-state index contributed by atoms with van der Waals surface area (Å²) < 4.78 is 30.8. The first kappa shape index (κ1) is 20.5. The Morgan fingerprint density at radius 2 is 1.83 bits per heavy atom. The van der Waals surface area contributed by atoms with Crippen molar-refractivity contribution in [3.05, 3.63) is 65.5 Å². The van der Waals surface area contributed by atoms with Crippen molar-refractivity contribution in [2.45, 2.75) is 20.4 Å². The minimum atomic E-state index is -3.65. The Hall–Kier alpha value is -3.20. The largest absolute Gasteiger partial charge is 0.345 e. The first-order valence-corrected chi connectivity index (χ1v) is 10.8. The fourth-order valence-electron chi connectivity index (χ4n) is 2.78. The van der Waals surface area contributed by atoms with Crippen LogP contribution in [0, 0.1) is 13.8 Å². The summed E-state index contributed by atoms with van der Waals surface area (Å²) in [6.07, 6.45) is 1.08. The van der Waals surface area contributed by atoms with E-state index in [9.17, 15) is 13.2 Å². The van der Waals surface area contributed by atoms with E-state index in [0.717, 1.165) is 27.3 Å². The molecule has 1 N–H and O–H groups in total. The molecule has 1 aromatic heterocycles. The van der Waals surface area contributed by atoms with Crippen LogP contribution in [-0.4, -0.2) is 37.3 Å². The van der Waals surface area contributed by atoms with Gasteiger partial charge in [-0.1, -0.05) is 47.6 Å². The molecule has 2 aromatic carbocycles. The number of carbonyl (C=O) groups excluding carboxylic acids is 1. The van der Waals surface area contributed by atoms with E-state index >= 15 is 0 Å². The highest BCUT2D eigenvalue weighted by Gasteiger charge is 2.23. The summed E-state index contributed by atoms with van der Waals surface area (Å²) in [7, 11) is -3.65. The number of aromatic nitrogens is 2. The van der Waals surface area contributed by atoms with Gasteiger partial charge in [-0.25, -0.2) is 8.42 Å². The van der Waals surface area contributed by atoms with Crippen molar-refractivity contribution >= 4 is 21.6 Å². The summed E-state index contributed by atoms with van der Waals surface area (Å²) in [5.41, 5.74) is 3.02. The first-order chi connectivity index (χ1) is 13.8.